The molecule has 0 saturated carbocycles. The van der Waals surface area contributed by atoms with Crippen LogP contribution in [0.4, 0.5) is 5.69 Å². The highest BCUT2D eigenvalue weighted by Crippen LogP contribution is 2.30. The molecule has 2 aliphatic heterocycles. The van der Waals surface area contributed by atoms with E-state index in [0.717, 1.165) is 0 Å². The summed E-state index contributed by atoms with van der Waals surface area (Å²) < 4.78 is 21.8. The number of nitrogens with one attached hydrogen (secondary N) is 1. The standard InChI is InChI=1S/C20H29NO12/c1-8(24)21-9-2-4-10(5-3-9)30-19-17(29)15(27)18(12(7-23)32-19)33-20-16(28)14(26)13(25)11(6-22)31-20/h2-5,11-20,22-23,25-29H,6-7H2,1H3,(H,21,24)/t11-,12-,13+,14+,15-,16-,17+,18-,19+,20?/m1/s1. The fourth-order valence-electron chi connectivity index (χ4n) is 3.61. The Bertz CT molecular complexity index is 775. The van der Waals surface area contributed by atoms with E-state index < -0.39 is 74.6 Å². The van der Waals surface area contributed by atoms with E-state index in [1.165, 1.54) is 19.1 Å². The lowest BCUT2D eigenvalue weighted by molar-refractivity contribution is -0.352. The van der Waals surface area contributed by atoms with Crippen molar-refractivity contribution in [3.05, 3.63) is 24.3 Å². The first-order valence-corrected chi connectivity index (χ1v) is 10.3. The summed E-state index contributed by atoms with van der Waals surface area (Å²) in [6.45, 7) is 0.000118. The van der Waals surface area contributed by atoms with Gasteiger partial charge in [0.05, 0.1) is 13.2 Å². The van der Waals surface area contributed by atoms with E-state index >= 15 is 0 Å². The number of carbonyl (C=O) groups is 1. The number of aliphatic hydroxyl groups excluding tert-OH is 7. The van der Waals surface area contributed by atoms with Crippen LogP contribution in [0.3, 0.4) is 0 Å². The number of amides is 1. The molecular weight excluding hydrogens is 446 g/mol. The van der Waals surface area contributed by atoms with Gasteiger partial charge in [0.1, 0.15) is 54.6 Å². The average molecular weight is 475 g/mol. The van der Waals surface area contributed by atoms with Crippen LogP contribution >= 0.6 is 0 Å². The van der Waals surface area contributed by atoms with Gasteiger partial charge in [0.2, 0.25) is 12.2 Å². The summed E-state index contributed by atoms with van der Waals surface area (Å²) in [7, 11) is 0. The maximum atomic E-state index is 11.1. The molecular formula is C20H29NO12. The van der Waals surface area contributed by atoms with Crippen molar-refractivity contribution >= 4 is 11.6 Å². The van der Waals surface area contributed by atoms with Crippen LogP contribution in [0.15, 0.2) is 24.3 Å². The predicted octanol–water partition coefficient (Wildman–Crippen LogP) is -3.35. The normalized spacial score (nSPS) is 39.2. The molecule has 8 N–H and O–H groups in total. The molecule has 3 rings (SSSR count). The molecule has 1 aromatic carbocycles. The summed E-state index contributed by atoms with van der Waals surface area (Å²) in [5.41, 5.74) is 0.515. The minimum atomic E-state index is -1.75. The fourth-order valence-corrected chi connectivity index (χ4v) is 3.61. The first-order valence-electron chi connectivity index (χ1n) is 10.3. The molecule has 13 nitrogen and oxygen atoms in total. The number of anilines is 1. The summed E-state index contributed by atoms with van der Waals surface area (Å²) in [6.07, 6.45) is -15.3. The molecule has 0 bridgehead atoms. The number of hydrogen-bond donors (Lipinski definition) is 8. The largest absolute Gasteiger partial charge is 0.462 e. The molecule has 0 aromatic heterocycles. The van der Waals surface area contributed by atoms with Crippen LogP contribution in [0, 0.1) is 0 Å². The molecule has 186 valence electrons. The van der Waals surface area contributed by atoms with Gasteiger partial charge in [-0.25, -0.2) is 0 Å². The minimum Gasteiger partial charge on any atom is -0.462 e. The Morgan fingerprint density at radius 1 is 0.848 bits per heavy atom. The Morgan fingerprint density at radius 2 is 1.42 bits per heavy atom. The SMILES string of the molecule is CC(=O)Nc1ccc(O[C@H]2O[C@H](CO)[C@@H](OC3O[C@H](CO)[C@H](O)[C@H](O)[C@H]3O)[C@H](O)[C@@H]2O)cc1. The number of benzene rings is 1. The Kier molecular flexibility index (Phi) is 8.58. The molecule has 0 radical (unpaired) electrons. The second-order valence-electron chi connectivity index (χ2n) is 7.83. The van der Waals surface area contributed by atoms with Gasteiger partial charge in [0, 0.05) is 12.6 Å². The van der Waals surface area contributed by atoms with Crippen molar-refractivity contribution in [2.24, 2.45) is 0 Å². The predicted molar refractivity (Wildman–Crippen MR) is 108 cm³/mol. The van der Waals surface area contributed by atoms with Crippen molar-refractivity contribution in [1.82, 2.24) is 0 Å². The third-order valence-electron chi connectivity index (χ3n) is 5.39. The van der Waals surface area contributed by atoms with Crippen LogP contribution in [-0.2, 0) is 19.0 Å². The molecule has 0 spiro atoms. The number of ether oxygens (including phenoxy) is 4. The summed E-state index contributed by atoms with van der Waals surface area (Å²) >= 11 is 0. The number of aliphatic hydroxyl groups is 7. The van der Waals surface area contributed by atoms with Crippen LogP contribution in [-0.4, -0.2) is 116 Å². The lowest BCUT2D eigenvalue weighted by Gasteiger charge is -2.45. The first kappa shape index (κ1) is 25.7. The molecule has 1 unspecified atom stereocenters. The quantitative estimate of drug-likeness (QED) is 0.195. The van der Waals surface area contributed by atoms with Gasteiger partial charge in [0.15, 0.2) is 6.29 Å². The van der Waals surface area contributed by atoms with E-state index in [-0.39, 0.29) is 11.7 Å². The summed E-state index contributed by atoms with van der Waals surface area (Å²) in [6, 6.07) is 6.10. The van der Waals surface area contributed by atoms with Gasteiger partial charge < -0.3 is 60.0 Å². The zero-order chi connectivity index (χ0) is 24.3. The van der Waals surface area contributed by atoms with Crippen molar-refractivity contribution < 1.29 is 59.5 Å². The van der Waals surface area contributed by atoms with Crippen molar-refractivity contribution in [2.75, 3.05) is 18.5 Å². The van der Waals surface area contributed by atoms with Crippen LogP contribution < -0.4 is 10.1 Å². The molecule has 2 saturated heterocycles. The fraction of sp³-hybridized carbons (Fsp3) is 0.650. The summed E-state index contributed by atoms with van der Waals surface area (Å²) in [4.78, 5) is 11.1. The van der Waals surface area contributed by atoms with E-state index in [0.29, 0.717) is 5.69 Å². The summed E-state index contributed by atoms with van der Waals surface area (Å²) in [5, 5.41) is 72.6. The van der Waals surface area contributed by atoms with Crippen LogP contribution in [0.5, 0.6) is 5.75 Å². The van der Waals surface area contributed by atoms with Gasteiger partial charge in [-0.3, -0.25) is 4.79 Å². The number of rotatable bonds is 7. The van der Waals surface area contributed by atoms with Crippen molar-refractivity contribution in [2.45, 2.75) is 68.3 Å². The third kappa shape index (κ3) is 5.78. The maximum absolute atomic E-state index is 11.1. The molecule has 13 heteroatoms. The van der Waals surface area contributed by atoms with E-state index in [9.17, 15) is 40.5 Å². The molecule has 0 aliphatic carbocycles. The number of carbonyl (C=O) groups excluding carboxylic acids is 1. The Morgan fingerprint density at radius 3 is 2.00 bits per heavy atom. The molecule has 1 aromatic rings. The Balaban J connectivity index is 1.68. The molecule has 2 fully saturated rings. The highest BCUT2D eigenvalue weighted by Gasteiger charge is 2.51. The zero-order valence-corrected chi connectivity index (χ0v) is 17.7. The van der Waals surface area contributed by atoms with Crippen LogP contribution in [0.2, 0.25) is 0 Å². The Labute approximate surface area is 188 Å². The first-order chi connectivity index (χ1) is 15.7. The lowest BCUT2D eigenvalue weighted by atomic mass is 9.97. The maximum Gasteiger partial charge on any atom is 0.229 e. The van der Waals surface area contributed by atoms with Crippen LogP contribution in [0.1, 0.15) is 6.92 Å². The van der Waals surface area contributed by atoms with Gasteiger partial charge in [-0.05, 0) is 24.3 Å². The molecule has 10 atom stereocenters. The zero-order valence-electron chi connectivity index (χ0n) is 17.7. The average Bonchev–Trinajstić information content (AvgIpc) is 2.79. The van der Waals surface area contributed by atoms with Gasteiger partial charge in [-0.2, -0.15) is 0 Å². The minimum absolute atomic E-state index is 0.241. The van der Waals surface area contributed by atoms with Crippen molar-refractivity contribution in [1.29, 1.82) is 0 Å². The monoisotopic (exact) mass is 475 g/mol. The third-order valence-corrected chi connectivity index (χ3v) is 5.39. The van der Waals surface area contributed by atoms with E-state index in [4.69, 9.17) is 18.9 Å². The molecule has 33 heavy (non-hydrogen) atoms. The van der Waals surface area contributed by atoms with Crippen molar-refractivity contribution in [3.8, 4) is 5.75 Å². The lowest BCUT2D eigenvalue weighted by Crippen LogP contribution is -2.65. The topological polar surface area (TPSA) is 208 Å². The summed E-state index contributed by atoms with van der Waals surface area (Å²) in [5.74, 6) is -0.0144. The van der Waals surface area contributed by atoms with E-state index in [1.54, 1.807) is 12.1 Å². The molecule has 2 heterocycles. The highest BCUT2D eigenvalue weighted by atomic mass is 16.7. The van der Waals surface area contributed by atoms with Gasteiger partial charge in [0.25, 0.3) is 0 Å². The number of hydrogen-bond acceptors (Lipinski definition) is 12. The van der Waals surface area contributed by atoms with Gasteiger partial charge in [-0.1, -0.05) is 0 Å². The molecule has 1 amide bonds. The smallest absolute Gasteiger partial charge is 0.229 e. The van der Waals surface area contributed by atoms with Gasteiger partial charge in [-0.15, -0.1) is 0 Å². The van der Waals surface area contributed by atoms with E-state index in [2.05, 4.69) is 5.32 Å². The van der Waals surface area contributed by atoms with Gasteiger partial charge >= 0.3 is 0 Å². The second-order valence-corrected chi connectivity index (χ2v) is 7.83. The second kappa shape index (κ2) is 11.0. The highest BCUT2D eigenvalue weighted by molar-refractivity contribution is 5.88. The Hall–Kier alpha value is -1.91. The van der Waals surface area contributed by atoms with Crippen LogP contribution in [0.25, 0.3) is 0 Å². The van der Waals surface area contributed by atoms with E-state index in [1.807, 2.05) is 0 Å². The molecule has 2 aliphatic rings. The van der Waals surface area contributed by atoms with Crippen molar-refractivity contribution in [3.63, 3.8) is 0 Å².